The van der Waals surface area contributed by atoms with E-state index >= 15 is 0 Å². The van der Waals surface area contributed by atoms with Crippen molar-refractivity contribution in [2.75, 3.05) is 6.54 Å². The van der Waals surface area contributed by atoms with Crippen LogP contribution < -0.4 is 5.32 Å². The Morgan fingerprint density at radius 3 is 2.89 bits per heavy atom. The van der Waals surface area contributed by atoms with Crippen LogP contribution in [0.15, 0.2) is 17.5 Å². The number of aryl methyl sites for hydroxylation is 1. The van der Waals surface area contributed by atoms with Gasteiger partial charge in [-0.05, 0) is 43.4 Å². The summed E-state index contributed by atoms with van der Waals surface area (Å²) in [6.45, 7) is 6.05. The first-order valence-electron chi connectivity index (χ1n) is 6.17. The van der Waals surface area contributed by atoms with Crippen LogP contribution in [0.5, 0.6) is 0 Å². The molecule has 1 aromatic heterocycles. The second-order valence-electron chi connectivity index (χ2n) is 4.77. The van der Waals surface area contributed by atoms with Crippen LogP contribution >= 0.6 is 11.3 Å². The topological polar surface area (TPSA) is 49.3 Å². The first-order valence-corrected chi connectivity index (χ1v) is 7.05. The van der Waals surface area contributed by atoms with Gasteiger partial charge in [0.1, 0.15) is 0 Å². The maximum absolute atomic E-state index is 11.6. The Labute approximate surface area is 113 Å². The van der Waals surface area contributed by atoms with Crippen LogP contribution in [0.4, 0.5) is 0 Å². The third-order valence-corrected chi connectivity index (χ3v) is 3.70. The molecule has 0 saturated carbocycles. The van der Waals surface area contributed by atoms with Gasteiger partial charge in [0.05, 0.1) is 5.60 Å². The van der Waals surface area contributed by atoms with Gasteiger partial charge in [0.25, 0.3) is 0 Å². The number of thiophene rings is 1. The van der Waals surface area contributed by atoms with E-state index in [1.165, 1.54) is 11.6 Å². The molecule has 0 aromatic carbocycles. The van der Waals surface area contributed by atoms with Crippen molar-refractivity contribution in [3.63, 3.8) is 0 Å². The van der Waals surface area contributed by atoms with Gasteiger partial charge in [0, 0.05) is 17.5 Å². The van der Waals surface area contributed by atoms with Crippen LogP contribution in [0.1, 0.15) is 37.1 Å². The molecule has 0 aliphatic rings. The largest absolute Gasteiger partial charge is 0.388 e. The van der Waals surface area contributed by atoms with E-state index in [9.17, 15) is 9.90 Å². The zero-order chi connectivity index (χ0) is 13.6. The molecule has 2 N–H and O–H groups in total. The quantitative estimate of drug-likeness (QED) is 0.779. The van der Waals surface area contributed by atoms with Crippen LogP contribution in [0, 0.1) is 6.92 Å². The Kier molecular flexibility index (Phi) is 5.56. The van der Waals surface area contributed by atoms with E-state index in [1.807, 2.05) is 31.4 Å². The lowest BCUT2D eigenvalue weighted by atomic mass is 10.0. The van der Waals surface area contributed by atoms with Crippen LogP contribution in [0.2, 0.25) is 0 Å². The van der Waals surface area contributed by atoms with Crippen molar-refractivity contribution in [2.45, 2.75) is 39.2 Å². The standard InChI is InChI=1S/C14H21NO2S/c1-4-8-14(3,17)10-15-13(16)6-5-12-11(2)7-9-18-12/h5-7,9,17H,4,8,10H2,1-3H3,(H,15,16)/b6-5+. The monoisotopic (exact) mass is 267 g/mol. The van der Waals surface area contributed by atoms with Gasteiger partial charge in [-0.15, -0.1) is 11.3 Å². The molecule has 0 saturated heterocycles. The molecule has 100 valence electrons. The molecule has 0 radical (unpaired) electrons. The molecule has 4 heteroatoms. The van der Waals surface area contributed by atoms with Crippen molar-refractivity contribution < 1.29 is 9.90 Å². The second kappa shape index (κ2) is 6.71. The zero-order valence-corrected chi connectivity index (χ0v) is 12.0. The summed E-state index contributed by atoms with van der Waals surface area (Å²) < 4.78 is 0. The lowest BCUT2D eigenvalue weighted by molar-refractivity contribution is -0.117. The summed E-state index contributed by atoms with van der Waals surface area (Å²) >= 11 is 1.61. The van der Waals surface area contributed by atoms with Crippen LogP contribution in [0.3, 0.4) is 0 Å². The number of carbonyl (C=O) groups is 1. The van der Waals surface area contributed by atoms with Crippen molar-refractivity contribution in [1.29, 1.82) is 0 Å². The highest BCUT2D eigenvalue weighted by molar-refractivity contribution is 7.11. The van der Waals surface area contributed by atoms with E-state index in [0.29, 0.717) is 6.42 Å². The van der Waals surface area contributed by atoms with Gasteiger partial charge >= 0.3 is 0 Å². The number of hydrogen-bond acceptors (Lipinski definition) is 3. The summed E-state index contributed by atoms with van der Waals surface area (Å²) in [6, 6.07) is 2.02. The van der Waals surface area contributed by atoms with Gasteiger partial charge in [-0.2, -0.15) is 0 Å². The molecule has 18 heavy (non-hydrogen) atoms. The van der Waals surface area contributed by atoms with E-state index in [-0.39, 0.29) is 12.5 Å². The van der Waals surface area contributed by atoms with E-state index in [2.05, 4.69) is 5.32 Å². The van der Waals surface area contributed by atoms with Gasteiger partial charge in [-0.25, -0.2) is 0 Å². The van der Waals surface area contributed by atoms with Crippen LogP contribution in [-0.2, 0) is 4.79 Å². The lowest BCUT2D eigenvalue weighted by Crippen LogP contribution is -2.39. The highest BCUT2D eigenvalue weighted by Crippen LogP contribution is 2.16. The normalized spacial score (nSPS) is 14.7. The Morgan fingerprint density at radius 1 is 1.61 bits per heavy atom. The number of nitrogens with one attached hydrogen (secondary N) is 1. The molecule has 0 aliphatic carbocycles. The maximum atomic E-state index is 11.6. The summed E-state index contributed by atoms with van der Waals surface area (Å²) in [7, 11) is 0. The number of carbonyl (C=O) groups excluding carboxylic acids is 1. The first-order chi connectivity index (χ1) is 8.44. The average molecular weight is 267 g/mol. The van der Waals surface area contributed by atoms with E-state index in [1.54, 1.807) is 18.3 Å². The Bertz CT molecular complexity index is 421. The minimum Gasteiger partial charge on any atom is -0.388 e. The van der Waals surface area contributed by atoms with Gasteiger partial charge in [0.15, 0.2) is 0 Å². The number of rotatable bonds is 6. The van der Waals surface area contributed by atoms with Crippen molar-refractivity contribution in [3.8, 4) is 0 Å². The molecule has 0 aliphatic heterocycles. The molecule has 1 aromatic rings. The Balaban J connectivity index is 2.43. The Hall–Kier alpha value is -1.13. The summed E-state index contributed by atoms with van der Waals surface area (Å²) in [4.78, 5) is 12.7. The molecule has 1 unspecified atom stereocenters. The molecule has 3 nitrogen and oxygen atoms in total. The number of aliphatic hydroxyl groups is 1. The molecule has 1 amide bonds. The third-order valence-electron chi connectivity index (χ3n) is 2.72. The second-order valence-corrected chi connectivity index (χ2v) is 5.71. The Morgan fingerprint density at radius 2 is 2.33 bits per heavy atom. The van der Waals surface area contributed by atoms with E-state index < -0.39 is 5.60 Å². The van der Waals surface area contributed by atoms with Crippen LogP contribution in [-0.4, -0.2) is 23.2 Å². The molecule has 1 rings (SSSR count). The first kappa shape index (κ1) is 14.9. The van der Waals surface area contributed by atoms with Crippen molar-refractivity contribution in [1.82, 2.24) is 5.32 Å². The van der Waals surface area contributed by atoms with Crippen molar-refractivity contribution in [2.24, 2.45) is 0 Å². The number of amides is 1. The van der Waals surface area contributed by atoms with Gasteiger partial charge in [-0.1, -0.05) is 13.3 Å². The summed E-state index contributed by atoms with van der Waals surface area (Å²) in [5, 5.41) is 14.6. The third kappa shape index (κ3) is 5.02. The molecule has 0 bridgehead atoms. The summed E-state index contributed by atoms with van der Waals surface area (Å²) in [6.07, 6.45) is 4.90. The van der Waals surface area contributed by atoms with E-state index in [0.717, 1.165) is 11.3 Å². The minimum absolute atomic E-state index is 0.167. The van der Waals surface area contributed by atoms with Gasteiger partial charge < -0.3 is 10.4 Å². The predicted octanol–water partition coefficient (Wildman–Crippen LogP) is 2.74. The molecular weight excluding hydrogens is 246 g/mol. The maximum Gasteiger partial charge on any atom is 0.244 e. The highest BCUT2D eigenvalue weighted by atomic mass is 32.1. The van der Waals surface area contributed by atoms with Crippen molar-refractivity contribution in [3.05, 3.63) is 28.0 Å². The fourth-order valence-corrected chi connectivity index (χ4v) is 2.49. The molecular formula is C14H21NO2S. The summed E-state index contributed by atoms with van der Waals surface area (Å²) in [5.41, 5.74) is 0.346. The smallest absolute Gasteiger partial charge is 0.244 e. The minimum atomic E-state index is -0.822. The fraction of sp³-hybridized carbons (Fsp3) is 0.500. The van der Waals surface area contributed by atoms with Gasteiger partial charge in [0.2, 0.25) is 5.91 Å². The SMILES string of the molecule is CCCC(C)(O)CNC(=O)/C=C/c1sccc1C. The molecule has 0 spiro atoms. The predicted molar refractivity (Wildman–Crippen MR) is 76.6 cm³/mol. The summed E-state index contributed by atoms with van der Waals surface area (Å²) in [5.74, 6) is -0.167. The van der Waals surface area contributed by atoms with Gasteiger partial charge in [-0.3, -0.25) is 4.79 Å². The van der Waals surface area contributed by atoms with Crippen LogP contribution in [0.25, 0.3) is 6.08 Å². The van der Waals surface area contributed by atoms with E-state index in [4.69, 9.17) is 0 Å². The molecule has 1 heterocycles. The highest BCUT2D eigenvalue weighted by Gasteiger charge is 2.19. The molecule has 1 atom stereocenters. The zero-order valence-electron chi connectivity index (χ0n) is 11.2. The number of hydrogen-bond donors (Lipinski definition) is 2. The van der Waals surface area contributed by atoms with Crippen molar-refractivity contribution >= 4 is 23.3 Å². The average Bonchev–Trinajstić information content (AvgIpc) is 2.70. The molecule has 0 fully saturated rings. The fourth-order valence-electron chi connectivity index (χ4n) is 1.67. The lowest BCUT2D eigenvalue weighted by Gasteiger charge is -2.22.